The Kier molecular flexibility index (Phi) is 12.0. The topological polar surface area (TPSA) is 0 Å². The van der Waals surface area contributed by atoms with Crippen LogP contribution >= 0.6 is 0 Å². The van der Waals surface area contributed by atoms with Crippen molar-refractivity contribution in [3.8, 4) is 22.3 Å². The Morgan fingerprint density at radius 1 is 0.618 bits per heavy atom. The summed E-state index contributed by atoms with van der Waals surface area (Å²) in [5.41, 5.74) is 11.3. The molecule has 0 radical (unpaired) electrons. The van der Waals surface area contributed by atoms with Crippen LogP contribution in [-0.2, 0) is 35.8 Å². The van der Waals surface area contributed by atoms with Gasteiger partial charge in [-0.25, -0.2) is 0 Å². The van der Waals surface area contributed by atoms with E-state index in [-0.39, 0.29) is 30.3 Å². The predicted octanol–water partition coefficient (Wildman–Crippen LogP) is 1.69. The van der Waals surface area contributed by atoms with Crippen molar-refractivity contribution in [3.05, 3.63) is 119 Å². The van der Waals surface area contributed by atoms with Crippen molar-refractivity contribution in [1.29, 1.82) is 0 Å². The maximum Gasteiger partial charge on any atom is -0.0253 e. The fraction of sp³-hybridized carbons (Fsp3) is 0.200. The van der Waals surface area contributed by atoms with Crippen molar-refractivity contribution in [1.82, 2.24) is 0 Å². The van der Waals surface area contributed by atoms with Gasteiger partial charge in [-0.1, -0.05) is 70.8 Å². The second-order valence-corrected chi connectivity index (χ2v) is 18.3. The first kappa shape index (κ1) is 28.8. The second-order valence-electron chi connectivity index (χ2n) is 8.10. The van der Waals surface area contributed by atoms with Crippen LogP contribution < -0.4 is 24.8 Å². The van der Waals surface area contributed by atoms with E-state index in [1.54, 1.807) is 0 Å². The van der Waals surface area contributed by atoms with E-state index >= 15 is 0 Å². The molecule has 2 aliphatic rings. The van der Waals surface area contributed by atoms with Gasteiger partial charge < -0.3 is 24.8 Å². The van der Waals surface area contributed by atoms with Crippen LogP contribution in [0, 0.1) is 12.1 Å². The molecule has 2 aliphatic carbocycles. The molecule has 0 spiro atoms. The molecule has 0 saturated heterocycles. The van der Waals surface area contributed by atoms with Gasteiger partial charge in [0.2, 0.25) is 0 Å². The van der Waals surface area contributed by atoms with E-state index in [0.717, 1.165) is 12.8 Å². The first-order valence-electron chi connectivity index (χ1n) is 11.4. The van der Waals surface area contributed by atoms with Gasteiger partial charge in [0.15, 0.2) is 0 Å². The summed E-state index contributed by atoms with van der Waals surface area (Å²) in [5, 5.41) is 0. The molecule has 0 unspecified atom stereocenters. The first-order valence-corrected chi connectivity index (χ1v) is 18.7. The number of benzene rings is 4. The molecule has 4 aromatic rings. The molecule has 34 heavy (non-hydrogen) atoms. The standard InChI is InChI=1S/2C13H9.C4H10Si.2ClH.Hf/c2*1-3-7-12-10(5-1)9-11-6-2-4-8-13(11)12;1-3-5-4-2;;;/h2*1-5,7-8H,9H2;3-4H2,1-2H3;2*1H;/q2*-1;;;;+2/p-2. The Hall–Kier alpha value is -1.45. The van der Waals surface area contributed by atoms with Gasteiger partial charge >= 0.3 is 54.4 Å². The van der Waals surface area contributed by atoms with Crippen molar-refractivity contribution in [2.24, 2.45) is 0 Å². The molecular weight excluding hydrogens is 638 g/mol. The van der Waals surface area contributed by atoms with Crippen molar-refractivity contribution >= 4 is 5.49 Å². The molecule has 0 aromatic heterocycles. The fourth-order valence-corrected chi connectivity index (χ4v) is 4.75. The SMILES string of the molecule is CC[Si](=[Hf+2])CC.[Cl-].[Cl-].[c-]1cccc2c1Cc1ccccc1-2.[c-]1cccc2c1Cc1ccccc1-2. The van der Waals surface area contributed by atoms with Gasteiger partial charge in [0.05, 0.1) is 0 Å². The van der Waals surface area contributed by atoms with Crippen LogP contribution in [0.3, 0.4) is 0 Å². The molecule has 0 amide bonds. The van der Waals surface area contributed by atoms with Gasteiger partial charge in [0.25, 0.3) is 0 Å². The van der Waals surface area contributed by atoms with Crippen LogP contribution in [0.4, 0.5) is 0 Å². The van der Waals surface area contributed by atoms with Gasteiger partial charge in [-0.05, 0) is 12.8 Å². The minimum Gasteiger partial charge on any atom is -1.00 e. The molecule has 0 nitrogen and oxygen atoms in total. The summed E-state index contributed by atoms with van der Waals surface area (Å²) < 4.78 is 0. The molecule has 0 saturated carbocycles. The average Bonchev–Trinajstić information content (AvgIpc) is 3.43. The maximum atomic E-state index is 3.30. The monoisotopic (exact) mass is 666 g/mol. The predicted molar refractivity (Wildman–Crippen MR) is 134 cm³/mol. The Morgan fingerprint density at radius 3 is 1.38 bits per heavy atom. The zero-order valence-electron chi connectivity index (χ0n) is 19.7. The maximum absolute atomic E-state index is 3.30. The zero-order chi connectivity index (χ0) is 22.3. The Bertz CT molecular complexity index is 1050. The molecule has 0 N–H and O–H groups in total. The van der Waals surface area contributed by atoms with Crippen LogP contribution in [0.25, 0.3) is 22.3 Å². The number of halogens is 2. The summed E-state index contributed by atoms with van der Waals surface area (Å²) >= 11 is 1.49. The molecule has 0 bridgehead atoms. The molecule has 172 valence electrons. The van der Waals surface area contributed by atoms with Crippen LogP contribution in [0.1, 0.15) is 36.1 Å². The van der Waals surface area contributed by atoms with Crippen LogP contribution in [0.15, 0.2) is 84.9 Å². The third-order valence-electron chi connectivity index (χ3n) is 6.09. The minimum absolute atomic E-state index is 0. The number of rotatable bonds is 2. The number of hydrogen-bond donors (Lipinski definition) is 0. The van der Waals surface area contributed by atoms with Crippen LogP contribution in [0.5, 0.6) is 0 Å². The molecule has 4 aromatic carbocycles. The third kappa shape index (κ3) is 6.82. The summed E-state index contributed by atoms with van der Waals surface area (Å²) in [4.78, 5) is 0. The Morgan fingerprint density at radius 2 is 1.00 bits per heavy atom. The van der Waals surface area contributed by atoms with Crippen molar-refractivity contribution in [2.45, 2.75) is 38.8 Å². The van der Waals surface area contributed by atoms with E-state index in [1.807, 2.05) is 12.1 Å². The van der Waals surface area contributed by atoms with E-state index in [4.69, 9.17) is 0 Å². The quantitative estimate of drug-likeness (QED) is 0.195. The normalized spacial score (nSPS) is 10.9. The molecule has 0 aliphatic heterocycles. The smallest absolute Gasteiger partial charge is 0.0253 e. The molecule has 4 heteroatoms. The Labute approximate surface area is 232 Å². The van der Waals surface area contributed by atoms with Gasteiger partial charge in [-0.15, -0.1) is 11.1 Å². The summed E-state index contributed by atoms with van der Waals surface area (Å²) in [7, 11) is 0. The summed E-state index contributed by atoms with van der Waals surface area (Å²) in [6.07, 6.45) is 2.10. The molecule has 0 fully saturated rings. The van der Waals surface area contributed by atoms with E-state index < -0.39 is 0 Å². The first-order chi connectivity index (χ1) is 15.7. The number of fused-ring (bicyclic) bond motifs is 6. The molecule has 0 heterocycles. The summed E-state index contributed by atoms with van der Waals surface area (Å²) in [6, 6.07) is 39.2. The third-order valence-corrected chi connectivity index (χ3v) is 15.4. The van der Waals surface area contributed by atoms with Crippen molar-refractivity contribution in [3.63, 3.8) is 0 Å². The second kappa shape index (κ2) is 14.2. The van der Waals surface area contributed by atoms with E-state index in [2.05, 4.69) is 98.8 Å². The average molecular weight is 666 g/mol. The van der Waals surface area contributed by atoms with Gasteiger partial charge in [-0.2, -0.15) is 59.7 Å². The largest absolute Gasteiger partial charge is 1.00 e. The fourth-order valence-electron chi connectivity index (χ4n) is 4.25. The Balaban J connectivity index is 0.000000187. The minimum atomic E-state index is 0. The van der Waals surface area contributed by atoms with Gasteiger partial charge in [0, 0.05) is 0 Å². The van der Waals surface area contributed by atoms with E-state index in [0.29, 0.717) is 0 Å². The number of hydrogen-bond acceptors (Lipinski definition) is 0. The summed E-state index contributed by atoms with van der Waals surface area (Å²) in [5.74, 6) is 0. The van der Waals surface area contributed by atoms with Crippen molar-refractivity contribution < 1.29 is 47.8 Å². The molecular formula is C30H28Cl2HfSi-2. The molecule has 0 atom stereocenters. The summed E-state index contributed by atoms with van der Waals surface area (Å²) in [6.45, 7) is 4.62. The van der Waals surface area contributed by atoms with E-state index in [9.17, 15) is 0 Å². The van der Waals surface area contributed by atoms with Gasteiger partial charge in [0.1, 0.15) is 0 Å². The molecule has 6 rings (SSSR count). The van der Waals surface area contributed by atoms with Crippen LogP contribution in [-0.4, -0.2) is 5.49 Å². The van der Waals surface area contributed by atoms with Gasteiger partial charge in [-0.3, -0.25) is 0 Å². The zero-order valence-corrected chi connectivity index (χ0v) is 25.8. The van der Waals surface area contributed by atoms with Crippen molar-refractivity contribution in [2.75, 3.05) is 0 Å². The van der Waals surface area contributed by atoms with E-state index in [1.165, 1.54) is 79.6 Å². The van der Waals surface area contributed by atoms with Crippen LogP contribution in [0.2, 0.25) is 12.1 Å².